The van der Waals surface area contributed by atoms with Crippen molar-refractivity contribution in [2.45, 2.75) is 31.7 Å². The van der Waals surface area contributed by atoms with Crippen LogP contribution in [0, 0.1) is 13.8 Å². The molecule has 2 rings (SSSR count). The highest BCUT2D eigenvalue weighted by Crippen LogP contribution is 2.25. The number of nitrogens with zero attached hydrogens (tertiary/aromatic N) is 1. The van der Waals surface area contributed by atoms with Gasteiger partial charge in [0, 0.05) is 5.69 Å². The molecule has 0 saturated heterocycles. The molecule has 1 atom stereocenters. The fraction of sp³-hybridized carbons (Fsp3) is 0.286. The number of carbonyl (C=O) groups excluding carboxylic acids is 1. The molecule has 0 bridgehead atoms. The molecular weight excluding hydrogens is 377 g/mol. The fourth-order valence-corrected chi connectivity index (χ4v) is 3.86. The predicted octanol–water partition coefficient (Wildman–Crippen LogP) is 2.90. The van der Waals surface area contributed by atoms with E-state index in [-0.39, 0.29) is 21.4 Å². The molecule has 0 aliphatic heterocycles. The largest absolute Gasteiger partial charge is 0.360 e. The van der Waals surface area contributed by atoms with Crippen LogP contribution in [0.2, 0.25) is 10.0 Å². The summed E-state index contributed by atoms with van der Waals surface area (Å²) in [4.78, 5) is 12.1. The van der Waals surface area contributed by atoms with Crippen molar-refractivity contribution >= 4 is 44.8 Å². The van der Waals surface area contributed by atoms with E-state index in [0.717, 1.165) is 0 Å². The Morgan fingerprint density at radius 2 is 1.92 bits per heavy atom. The molecule has 2 aromatic rings. The molecule has 1 amide bonds. The number of amides is 1. The van der Waals surface area contributed by atoms with E-state index < -0.39 is 22.0 Å². The minimum absolute atomic E-state index is 0.0725. The van der Waals surface area contributed by atoms with Crippen LogP contribution in [0.4, 0.5) is 5.69 Å². The summed E-state index contributed by atoms with van der Waals surface area (Å²) in [5.74, 6) is -0.402. The van der Waals surface area contributed by atoms with E-state index in [1.165, 1.54) is 32.9 Å². The number of hydrogen-bond acceptors (Lipinski definition) is 5. The minimum Gasteiger partial charge on any atom is -0.360 e. The molecular formula is C14H15Cl2N3O4S. The van der Waals surface area contributed by atoms with E-state index in [1.807, 2.05) is 0 Å². The average Bonchev–Trinajstić information content (AvgIpc) is 2.82. The molecule has 0 aliphatic rings. The summed E-state index contributed by atoms with van der Waals surface area (Å²) < 4.78 is 31.9. The van der Waals surface area contributed by atoms with Gasteiger partial charge in [-0.05, 0) is 39.0 Å². The van der Waals surface area contributed by atoms with Crippen molar-refractivity contribution in [3.05, 3.63) is 39.7 Å². The molecule has 24 heavy (non-hydrogen) atoms. The lowest BCUT2D eigenvalue weighted by Gasteiger charge is -2.14. The number of aryl methyl sites for hydroxylation is 2. The van der Waals surface area contributed by atoms with Crippen molar-refractivity contribution in [1.82, 2.24) is 9.88 Å². The van der Waals surface area contributed by atoms with Crippen LogP contribution < -0.4 is 10.0 Å². The summed E-state index contributed by atoms with van der Waals surface area (Å²) in [6.45, 7) is 4.41. The standard InChI is InChI=1S/C14H15Cl2N3O4S/c1-7-13(9(3)23-18-7)24(21,22)19-8(2)14(20)17-10-4-5-11(15)12(16)6-10/h4-6,8,19H,1-3H3,(H,17,20)/t8-/m1/s1. The molecule has 1 aromatic carbocycles. The Balaban J connectivity index is 2.12. The molecule has 0 aliphatic carbocycles. The first-order valence-corrected chi connectivity index (χ1v) is 9.07. The maximum Gasteiger partial charge on any atom is 0.246 e. The second-order valence-corrected chi connectivity index (χ2v) is 7.58. The first-order valence-electron chi connectivity index (χ1n) is 6.83. The molecule has 0 radical (unpaired) electrons. The average molecular weight is 392 g/mol. The maximum absolute atomic E-state index is 12.4. The highest BCUT2D eigenvalue weighted by atomic mass is 35.5. The van der Waals surface area contributed by atoms with Gasteiger partial charge in [-0.3, -0.25) is 4.79 Å². The van der Waals surface area contributed by atoms with Gasteiger partial charge in [0.25, 0.3) is 0 Å². The number of rotatable bonds is 5. The zero-order valence-corrected chi connectivity index (χ0v) is 15.4. The van der Waals surface area contributed by atoms with Crippen molar-refractivity contribution in [2.24, 2.45) is 0 Å². The van der Waals surface area contributed by atoms with Gasteiger partial charge < -0.3 is 9.84 Å². The summed E-state index contributed by atoms with van der Waals surface area (Å²) in [5, 5.41) is 6.78. The summed E-state index contributed by atoms with van der Waals surface area (Å²) >= 11 is 11.7. The van der Waals surface area contributed by atoms with Crippen molar-refractivity contribution in [1.29, 1.82) is 0 Å². The Kier molecular flexibility index (Phi) is 5.54. The number of halogens is 2. The van der Waals surface area contributed by atoms with Gasteiger partial charge in [-0.1, -0.05) is 28.4 Å². The van der Waals surface area contributed by atoms with Gasteiger partial charge >= 0.3 is 0 Å². The van der Waals surface area contributed by atoms with Gasteiger partial charge in [-0.15, -0.1) is 0 Å². The first kappa shape index (κ1) is 18.7. The van der Waals surface area contributed by atoms with E-state index in [0.29, 0.717) is 10.7 Å². The van der Waals surface area contributed by atoms with Crippen LogP contribution in [-0.2, 0) is 14.8 Å². The first-order chi connectivity index (χ1) is 11.1. The van der Waals surface area contributed by atoms with Gasteiger partial charge in [0.05, 0.1) is 16.1 Å². The van der Waals surface area contributed by atoms with Crippen LogP contribution in [0.25, 0.3) is 0 Å². The summed E-state index contributed by atoms with van der Waals surface area (Å²) in [7, 11) is -3.94. The normalized spacial score (nSPS) is 12.9. The molecule has 10 heteroatoms. The van der Waals surface area contributed by atoms with Crippen LogP contribution >= 0.6 is 23.2 Å². The van der Waals surface area contributed by atoms with E-state index in [1.54, 1.807) is 6.07 Å². The zero-order chi connectivity index (χ0) is 18.1. The Hall–Kier alpha value is -1.61. The summed E-state index contributed by atoms with van der Waals surface area (Å²) in [6, 6.07) is 3.52. The highest BCUT2D eigenvalue weighted by Gasteiger charge is 2.28. The Morgan fingerprint density at radius 3 is 2.46 bits per heavy atom. The molecule has 1 aromatic heterocycles. The third kappa shape index (κ3) is 4.07. The molecule has 0 unspecified atom stereocenters. The maximum atomic E-state index is 12.4. The van der Waals surface area contributed by atoms with Gasteiger partial charge in [0.2, 0.25) is 15.9 Å². The molecule has 1 heterocycles. The van der Waals surface area contributed by atoms with E-state index >= 15 is 0 Å². The van der Waals surface area contributed by atoms with Crippen molar-refractivity contribution in [2.75, 3.05) is 5.32 Å². The lowest BCUT2D eigenvalue weighted by Crippen LogP contribution is -2.41. The second-order valence-electron chi connectivity index (χ2n) is 5.11. The van der Waals surface area contributed by atoms with Crippen LogP contribution in [0.15, 0.2) is 27.6 Å². The molecule has 0 fully saturated rings. The molecule has 7 nitrogen and oxygen atoms in total. The monoisotopic (exact) mass is 391 g/mol. The van der Waals surface area contributed by atoms with E-state index in [2.05, 4.69) is 15.2 Å². The number of sulfonamides is 1. The lowest BCUT2D eigenvalue weighted by molar-refractivity contribution is -0.117. The number of aromatic nitrogens is 1. The summed E-state index contributed by atoms with van der Waals surface area (Å²) in [5.41, 5.74) is 0.620. The molecule has 2 N–H and O–H groups in total. The topological polar surface area (TPSA) is 101 Å². The number of nitrogens with one attached hydrogen (secondary N) is 2. The second kappa shape index (κ2) is 7.10. The number of carbonyl (C=O) groups is 1. The van der Waals surface area contributed by atoms with Crippen molar-refractivity contribution in [3.8, 4) is 0 Å². The Labute approximate surface area is 149 Å². The Bertz CT molecular complexity index is 861. The SMILES string of the molecule is Cc1noc(C)c1S(=O)(=O)N[C@H](C)C(=O)Nc1ccc(Cl)c(Cl)c1. The summed E-state index contributed by atoms with van der Waals surface area (Å²) in [6.07, 6.45) is 0. The quantitative estimate of drug-likeness (QED) is 0.815. The third-order valence-electron chi connectivity index (χ3n) is 3.15. The molecule has 0 saturated carbocycles. The van der Waals surface area contributed by atoms with Gasteiger partial charge in [0.15, 0.2) is 5.76 Å². The Morgan fingerprint density at radius 1 is 1.25 bits per heavy atom. The number of benzene rings is 1. The third-order valence-corrected chi connectivity index (χ3v) is 5.67. The van der Waals surface area contributed by atoms with Crippen LogP contribution in [0.3, 0.4) is 0 Å². The molecule has 0 spiro atoms. The minimum atomic E-state index is -3.94. The number of anilines is 1. The zero-order valence-electron chi connectivity index (χ0n) is 13.1. The lowest BCUT2D eigenvalue weighted by atomic mass is 10.3. The van der Waals surface area contributed by atoms with Crippen LogP contribution in [0.1, 0.15) is 18.4 Å². The van der Waals surface area contributed by atoms with Crippen molar-refractivity contribution in [3.63, 3.8) is 0 Å². The fourth-order valence-electron chi connectivity index (χ4n) is 2.03. The predicted molar refractivity (Wildman–Crippen MR) is 90.9 cm³/mol. The van der Waals surface area contributed by atoms with Crippen LogP contribution in [-0.4, -0.2) is 25.5 Å². The van der Waals surface area contributed by atoms with Gasteiger partial charge in [0.1, 0.15) is 10.6 Å². The van der Waals surface area contributed by atoms with Crippen LogP contribution in [0.5, 0.6) is 0 Å². The van der Waals surface area contributed by atoms with Gasteiger partial charge in [-0.2, -0.15) is 4.72 Å². The van der Waals surface area contributed by atoms with E-state index in [4.69, 9.17) is 27.7 Å². The molecule has 130 valence electrons. The van der Waals surface area contributed by atoms with Gasteiger partial charge in [-0.25, -0.2) is 8.42 Å². The highest BCUT2D eigenvalue weighted by molar-refractivity contribution is 7.89. The smallest absolute Gasteiger partial charge is 0.246 e. The van der Waals surface area contributed by atoms with Crippen molar-refractivity contribution < 1.29 is 17.7 Å². The number of hydrogen-bond donors (Lipinski definition) is 2. The van der Waals surface area contributed by atoms with E-state index in [9.17, 15) is 13.2 Å².